The number of carboxylic acid groups (broad SMARTS) is 1. The quantitative estimate of drug-likeness (QED) is 0.713. The van der Waals surface area contributed by atoms with Crippen molar-refractivity contribution in [3.63, 3.8) is 0 Å². The molecular weight excluding hydrogens is 272 g/mol. The Kier molecular flexibility index (Phi) is 6.52. The summed E-state index contributed by atoms with van der Waals surface area (Å²) < 4.78 is 5.22. The van der Waals surface area contributed by atoms with Crippen molar-refractivity contribution in [2.45, 2.75) is 26.3 Å². The van der Waals surface area contributed by atoms with E-state index in [1.54, 1.807) is 21.0 Å². The first-order valence-electron chi connectivity index (χ1n) is 6.84. The van der Waals surface area contributed by atoms with Crippen molar-refractivity contribution in [1.82, 2.24) is 10.6 Å². The van der Waals surface area contributed by atoms with E-state index in [0.717, 1.165) is 11.3 Å². The van der Waals surface area contributed by atoms with Crippen LogP contribution in [0.2, 0.25) is 0 Å². The van der Waals surface area contributed by atoms with Crippen LogP contribution in [0.1, 0.15) is 19.4 Å². The van der Waals surface area contributed by atoms with E-state index in [-0.39, 0.29) is 5.92 Å². The number of hydrogen-bond donors (Lipinski definition) is 3. The van der Waals surface area contributed by atoms with Crippen molar-refractivity contribution in [2.75, 3.05) is 13.7 Å². The second kappa shape index (κ2) is 8.14. The lowest BCUT2D eigenvalue weighted by Gasteiger charge is -2.18. The topological polar surface area (TPSA) is 87.7 Å². The largest absolute Gasteiger partial charge is 0.496 e. The summed E-state index contributed by atoms with van der Waals surface area (Å²) >= 11 is 0. The average Bonchev–Trinajstić information content (AvgIpc) is 2.44. The third-order valence-corrected chi connectivity index (χ3v) is 3.09. The Bertz CT molecular complexity index is 488. The normalized spacial score (nSPS) is 11.8. The summed E-state index contributed by atoms with van der Waals surface area (Å²) in [7, 11) is 1.60. The second-order valence-electron chi connectivity index (χ2n) is 5.02. The van der Waals surface area contributed by atoms with Crippen molar-refractivity contribution < 1.29 is 19.4 Å². The van der Waals surface area contributed by atoms with Crippen molar-refractivity contribution in [3.05, 3.63) is 29.8 Å². The van der Waals surface area contributed by atoms with Gasteiger partial charge in [0.1, 0.15) is 11.8 Å². The number of rotatable bonds is 7. The summed E-state index contributed by atoms with van der Waals surface area (Å²) in [6, 6.07) is 6.18. The number of methoxy groups -OCH3 is 1. The number of nitrogens with one attached hydrogen (secondary N) is 2. The Labute approximate surface area is 124 Å². The van der Waals surface area contributed by atoms with E-state index in [1.165, 1.54) is 0 Å². The van der Waals surface area contributed by atoms with Crippen LogP contribution in [0, 0.1) is 5.92 Å². The summed E-state index contributed by atoms with van der Waals surface area (Å²) in [5.41, 5.74) is 0.985. The maximum atomic E-state index is 11.7. The minimum Gasteiger partial charge on any atom is -0.496 e. The molecule has 3 N–H and O–H groups in total. The van der Waals surface area contributed by atoms with Gasteiger partial charge in [0.2, 0.25) is 0 Å². The zero-order valence-corrected chi connectivity index (χ0v) is 12.6. The van der Waals surface area contributed by atoms with E-state index in [9.17, 15) is 9.59 Å². The lowest BCUT2D eigenvalue weighted by molar-refractivity contribution is -0.140. The van der Waals surface area contributed by atoms with Gasteiger partial charge in [0.25, 0.3) is 0 Å². The summed E-state index contributed by atoms with van der Waals surface area (Å²) in [5.74, 6) is -0.447. The molecule has 6 nitrogen and oxygen atoms in total. The summed E-state index contributed by atoms with van der Waals surface area (Å²) in [4.78, 5) is 22.7. The maximum Gasteiger partial charge on any atom is 0.326 e. The Hall–Kier alpha value is -2.24. The first-order valence-corrected chi connectivity index (χ1v) is 6.84. The van der Waals surface area contributed by atoms with Gasteiger partial charge in [-0.15, -0.1) is 0 Å². The number of para-hydroxylation sites is 1. The molecule has 0 aliphatic rings. The molecule has 0 unspecified atom stereocenters. The molecule has 21 heavy (non-hydrogen) atoms. The summed E-state index contributed by atoms with van der Waals surface area (Å²) in [6.45, 7) is 3.89. The molecule has 0 fully saturated rings. The number of carbonyl (C=O) groups excluding carboxylic acids is 1. The summed E-state index contributed by atoms with van der Waals surface area (Å²) in [5, 5.41) is 14.1. The van der Waals surface area contributed by atoms with Crippen LogP contribution >= 0.6 is 0 Å². The molecule has 2 amide bonds. The van der Waals surface area contributed by atoms with E-state index in [0.29, 0.717) is 13.0 Å². The van der Waals surface area contributed by atoms with Gasteiger partial charge in [0, 0.05) is 6.54 Å². The van der Waals surface area contributed by atoms with Gasteiger partial charge in [-0.2, -0.15) is 0 Å². The van der Waals surface area contributed by atoms with Gasteiger partial charge < -0.3 is 20.5 Å². The Morgan fingerprint density at radius 3 is 2.52 bits per heavy atom. The van der Waals surface area contributed by atoms with E-state index in [2.05, 4.69) is 10.6 Å². The predicted octanol–water partition coefficient (Wildman–Crippen LogP) is 1.65. The average molecular weight is 294 g/mol. The van der Waals surface area contributed by atoms with Crippen LogP contribution in [0.4, 0.5) is 4.79 Å². The van der Waals surface area contributed by atoms with Crippen LogP contribution in [0.3, 0.4) is 0 Å². The fourth-order valence-corrected chi connectivity index (χ4v) is 1.93. The molecule has 1 aromatic rings. The number of hydrogen-bond acceptors (Lipinski definition) is 3. The van der Waals surface area contributed by atoms with Gasteiger partial charge in [0.05, 0.1) is 7.11 Å². The molecule has 0 aliphatic heterocycles. The van der Waals surface area contributed by atoms with E-state index in [1.807, 2.05) is 24.3 Å². The van der Waals surface area contributed by atoms with Crippen LogP contribution in [0.15, 0.2) is 24.3 Å². The highest BCUT2D eigenvalue weighted by molar-refractivity contribution is 5.82. The van der Waals surface area contributed by atoms with Gasteiger partial charge >= 0.3 is 12.0 Å². The highest BCUT2D eigenvalue weighted by atomic mass is 16.5. The molecule has 0 heterocycles. The molecule has 0 saturated heterocycles. The number of ether oxygens (including phenoxy) is 1. The Balaban J connectivity index is 2.45. The highest BCUT2D eigenvalue weighted by Crippen LogP contribution is 2.17. The molecule has 0 aromatic heterocycles. The number of amides is 2. The van der Waals surface area contributed by atoms with Gasteiger partial charge in [-0.05, 0) is 24.0 Å². The van der Waals surface area contributed by atoms with E-state index in [4.69, 9.17) is 9.84 Å². The smallest absolute Gasteiger partial charge is 0.326 e. The molecular formula is C15H22N2O4. The molecule has 116 valence electrons. The van der Waals surface area contributed by atoms with Crippen molar-refractivity contribution in [3.8, 4) is 5.75 Å². The van der Waals surface area contributed by atoms with Crippen LogP contribution < -0.4 is 15.4 Å². The fraction of sp³-hybridized carbons (Fsp3) is 0.467. The number of carboxylic acids is 1. The zero-order chi connectivity index (χ0) is 15.8. The highest BCUT2D eigenvalue weighted by Gasteiger charge is 2.23. The molecule has 0 spiro atoms. The molecule has 0 bridgehead atoms. The van der Waals surface area contributed by atoms with Gasteiger partial charge in [-0.3, -0.25) is 0 Å². The van der Waals surface area contributed by atoms with Crippen molar-refractivity contribution in [2.24, 2.45) is 5.92 Å². The third kappa shape index (κ3) is 5.33. The Morgan fingerprint density at radius 1 is 1.29 bits per heavy atom. The van der Waals surface area contributed by atoms with Crippen LogP contribution in [0.25, 0.3) is 0 Å². The fourth-order valence-electron chi connectivity index (χ4n) is 1.93. The van der Waals surface area contributed by atoms with Crippen molar-refractivity contribution >= 4 is 12.0 Å². The lowest BCUT2D eigenvalue weighted by Crippen LogP contribution is -2.48. The summed E-state index contributed by atoms with van der Waals surface area (Å²) in [6.07, 6.45) is 0.608. The molecule has 1 atom stereocenters. The van der Waals surface area contributed by atoms with Gasteiger partial charge in [-0.1, -0.05) is 32.0 Å². The monoisotopic (exact) mass is 294 g/mol. The predicted molar refractivity (Wildman–Crippen MR) is 79.5 cm³/mol. The number of aliphatic carboxylic acids is 1. The first kappa shape index (κ1) is 16.8. The van der Waals surface area contributed by atoms with Crippen molar-refractivity contribution in [1.29, 1.82) is 0 Å². The van der Waals surface area contributed by atoms with Crippen LogP contribution in [-0.2, 0) is 11.2 Å². The molecule has 1 rings (SSSR count). The van der Waals surface area contributed by atoms with Gasteiger partial charge in [0.15, 0.2) is 0 Å². The maximum absolute atomic E-state index is 11.7. The van der Waals surface area contributed by atoms with Crippen LogP contribution in [-0.4, -0.2) is 36.8 Å². The number of urea groups is 1. The molecule has 0 saturated carbocycles. The van der Waals surface area contributed by atoms with E-state index < -0.39 is 18.0 Å². The SMILES string of the molecule is COc1ccccc1CCNC(=O)N[C@@H](C(=O)O)C(C)C. The molecule has 0 aliphatic carbocycles. The van der Waals surface area contributed by atoms with Gasteiger partial charge in [-0.25, -0.2) is 9.59 Å². The second-order valence-corrected chi connectivity index (χ2v) is 5.02. The molecule has 0 radical (unpaired) electrons. The Morgan fingerprint density at radius 2 is 1.95 bits per heavy atom. The first-order chi connectivity index (χ1) is 9.95. The third-order valence-electron chi connectivity index (χ3n) is 3.09. The standard InChI is InChI=1S/C15H22N2O4/c1-10(2)13(14(18)19)17-15(20)16-9-8-11-6-4-5-7-12(11)21-3/h4-7,10,13H,8-9H2,1-3H3,(H,18,19)(H2,16,17,20)/t13-/m1/s1. The lowest BCUT2D eigenvalue weighted by atomic mass is 10.1. The van der Waals surface area contributed by atoms with Crippen LogP contribution in [0.5, 0.6) is 5.75 Å². The molecule has 1 aromatic carbocycles. The number of benzene rings is 1. The minimum atomic E-state index is -1.04. The molecule has 6 heteroatoms. The number of carbonyl (C=O) groups is 2. The minimum absolute atomic E-state index is 0.178. The van der Waals surface area contributed by atoms with E-state index >= 15 is 0 Å². The zero-order valence-electron chi connectivity index (χ0n) is 12.6.